The van der Waals surface area contributed by atoms with Crippen molar-refractivity contribution in [3.63, 3.8) is 0 Å². The molecule has 4 rings (SSSR count). The van der Waals surface area contributed by atoms with Gasteiger partial charge in [0.15, 0.2) is 5.82 Å². The van der Waals surface area contributed by atoms with Gasteiger partial charge in [0, 0.05) is 24.0 Å². The van der Waals surface area contributed by atoms with E-state index in [4.69, 9.17) is 13.1 Å². The third-order valence-corrected chi connectivity index (χ3v) is 4.17. The van der Waals surface area contributed by atoms with Gasteiger partial charge in [0.1, 0.15) is 13.5 Å². The predicted octanol–water partition coefficient (Wildman–Crippen LogP) is 1.48. The normalized spacial score (nSPS) is 10.4. The molecule has 3 aromatic heterocycles. The third-order valence-electron chi connectivity index (χ3n) is 4.17. The first-order chi connectivity index (χ1) is 14.1. The second-order valence-corrected chi connectivity index (χ2v) is 6.26. The van der Waals surface area contributed by atoms with Crippen molar-refractivity contribution in [3.05, 3.63) is 88.6 Å². The molecule has 29 heavy (non-hydrogen) atoms. The van der Waals surface area contributed by atoms with Gasteiger partial charge < -0.3 is 0 Å². The maximum Gasteiger partial charge on any atom is 0.267 e. The van der Waals surface area contributed by atoms with Crippen LogP contribution in [0.5, 0.6) is 0 Å². The fraction of sp³-hybridized carbons (Fsp3) is 0.0476. The Morgan fingerprint density at radius 3 is 2.59 bits per heavy atom. The fourth-order valence-electron chi connectivity index (χ4n) is 2.78. The van der Waals surface area contributed by atoms with Crippen molar-refractivity contribution in [1.82, 2.24) is 24.7 Å². The highest BCUT2D eigenvalue weighted by Crippen LogP contribution is 2.17. The van der Waals surface area contributed by atoms with Gasteiger partial charge in [-0.25, -0.2) is 19.6 Å². The van der Waals surface area contributed by atoms with E-state index in [1.807, 2.05) is 12.1 Å². The van der Waals surface area contributed by atoms with Gasteiger partial charge in [-0.05, 0) is 30.3 Å². The van der Waals surface area contributed by atoms with Gasteiger partial charge >= 0.3 is 0 Å². The number of pyridine rings is 1. The highest BCUT2D eigenvalue weighted by molar-refractivity contribution is 6.31. The minimum absolute atomic E-state index is 0.188. The molecule has 0 amide bonds. The molecule has 0 bridgehead atoms. The van der Waals surface area contributed by atoms with Crippen LogP contribution in [-0.2, 0) is 6.54 Å². The molecular weight excluding hydrogens is 363 g/mol. The molecule has 1 aromatic carbocycles. The van der Waals surface area contributed by atoms with Crippen LogP contribution >= 0.6 is 0 Å². The van der Waals surface area contributed by atoms with E-state index in [0.717, 1.165) is 5.56 Å². The molecule has 0 fully saturated rings. The molecule has 4 aromatic rings. The van der Waals surface area contributed by atoms with Gasteiger partial charge in [0.2, 0.25) is 0 Å². The van der Waals surface area contributed by atoms with E-state index in [1.54, 1.807) is 36.4 Å². The highest BCUT2D eigenvalue weighted by atomic mass is 16.1. The van der Waals surface area contributed by atoms with Crippen LogP contribution in [0, 0.1) is 11.3 Å². The molecule has 0 aliphatic heterocycles. The summed E-state index contributed by atoms with van der Waals surface area (Å²) in [5.74, 6) is 0.448. The largest absolute Gasteiger partial charge is 0.268 e. The number of nitriles is 1. The van der Waals surface area contributed by atoms with E-state index in [0.29, 0.717) is 33.9 Å². The maximum atomic E-state index is 12.3. The zero-order valence-electron chi connectivity index (χ0n) is 15.2. The van der Waals surface area contributed by atoms with Gasteiger partial charge in [-0.1, -0.05) is 23.7 Å². The standard InChI is InChI=1S/C21H13BN6O/c22-16-11-24-21(25-12-16)19-6-2-5-17(26-19)13-28-20(29)8-7-18(27-28)15-4-1-3-14(9-15)10-23/h1-9,11-12H,13H2. The average Bonchev–Trinajstić information content (AvgIpc) is 2.76. The van der Waals surface area contributed by atoms with Gasteiger partial charge in [0.05, 0.1) is 29.6 Å². The van der Waals surface area contributed by atoms with Gasteiger partial charge in [0.25, 0.3) is 5.56 Å². The van der Waals surface area contributed by atoms with Crippen molar-refractivity contribution >= 4 is 13.3 Å². The lowest BCUT2D eigenvalue weighted by Gasteiger charge is -2.08. The molecule has 0 aliphatic rings. The van der Waals surface area contributed by atoms with Crippen molar-refractivity contribution in [1.29, 1.82) is 5.26 Å². The van der Waals surface area contributed by atoms with Crippen LogP contribution < -0.4 is 11.0 Å². The average molecular weight is 376 g/mol. The SMILES string of the molecule is [B]c1cnc(-c2cccc(Cn3nc(-c4cccc(C#N)c4)ccc3=O)n2)nc1. The molecule has 2 radical (unpaired) electrons. The van der Waals surface area contributed by atoms with E-state index >= 15 is 0 Å². The summed E-state index contributed by atoms with van der Waals surface area (Å²) in [5, 5.41) is 13.5. The summed E-state index contributed by atoms with van der Waals surface area (Å²) in [7, 11) is 5.62. The monoisotopic (exact) mass is 376 g/mol. The molecule has 0 saturated heterocycles. The molecule has 0 atom stereocenters. The van der Waals surface area contributed by atoms with Gasteiger partial charge in [-0.2, -0.15) is 10.4 Å². The Morgan fingerprint density at radius 1 is 1.00 bits per heavy atom. The zero-order chi connectivity index (χ0) is 20.2. The van der Waals surface area contributed by atoms with E-state index in [-0.39, 0.29) is 12.1 Å². The zero-order valence-corrected chi connectivity index (χ0v) is 15.2. The summed E-state index contributed by atoms with van der Waals surface area (Å²) in [6.45, 7) is 0.188. The molecule has 0 saturated carbocycles. The summed E-state index contributed by atoms with van der Waals surface area (Å²) in [6.07, 6.45) is 3.03. The van der Waals surface area contributed by atoms with E-state index in [9.17, 15) is 4.79 Å². The van der Waals surface area contributed by atoms with Crippen molar-refractivity contribution < 1.29 is 0 Å². The second-order valence-electron chi connectivity index (χ2n) is 6.26. The summed E-state index contributed by atoms with van der Waals surface area (Å²) >= 11 is 0. The number of rotatable bonds is 4. The molecule has 136 valence electrons. The van der Waals surface area contributed by atoms with Crippen LogP contribution in [0.1, 0.15) is 11.3 Å². The Bertz CT molecular complexity index is 1280. The topological polar surface area (TPSA) is 97.3 Å². The number of aromatic nitrogens is 5. The molecular formula is C21H13BN6O. The van der Waals surface area contributed by atoms with Crippen LogP contribution in [-0.4, -0.2) is 32.6 Å². The molecule has 0 unspecified atom stereocenters. The molecule has 3 heterocycles. The Balaban J connectivity index is 1.66. The maximum absolute atomic E-state index is 12.3. The van der Waals surface area contributed by atoms with Gasteiger partial charge in [-0.3, -0.25) is 4.79 Å². The van der Waals surface area contributed by atoms with Crippen LogP contribution in [0.15, 0.2) is 71.8 Å². The van der Waals surface area contributed by atoms with Crippen molar-refractivity contribution in [3.8, 4) is 28.8 Å². The molecule has 0 aliphatic carbocycles. The highest BCUT2D eigenvalue weighted by Gasteiger charge is 2.08. The quantitative estimate of drug-likeness (QED) is 0.501. The number of hydrogen-bond donors (Lipinski definition) is 0. The number of nitrogens with zero attached hydrogens (tertiary/aromatic N) is 6. The van der Waals surface area contributed by atoms with E-state index in [1.165, 1.54) is 23.1 Å². The predicted molar refractivity (Wildman–Crippen MR) is 108 cm³/mol. The molecule has 0 spiro atoms. The van der Waals surface area contributed by atoms with Crippen molar-refractivity contribution in [2.45, 2.75) is 6.54 Å². The Kier molecular flexibility index (Phi) is 4.95. The van der Waals surface area contributed by atoms with E-state index in [2.05, 4.69) is 26.1 Å². The lowest BCUT2D eigenvalue weighted by atomic mass is 10.0. The summed E-state index contributed by atoms with van der Waals surface area (Å²) in [6, 6.07) is 17.7. The fourth-order valence-corrected chi connectivity index (χ4v) is 2.78. The molecule has 7 nitrogen and oxygen atoms in total. The van der Waals surface area contributed by atoms with Crippen molar-refractivity contribution in [2.75, 3.05) is 0 Å². The van der Waals surface area contributed by atoms with Gasteiger partial charge in [-0.15, -0.1) is 0 Å². The smallest absolute Gasteiger partial charge is 0.267 e. The number of benzene rings is 1. The molecule has 8 heteroatoms. The van der Waals surface area contributed by atoms with Crippen LogP contribution in [0.4, 0.5) is 0 Å². The van der Waals surface area contributed by atoms with Crippen LogP contribution in [0.25, 0.3) is 22.8 Å². The summed E-state index contributed by atoms with van der Waals surface area (Å²) in [5.41, 5.74) is 3.32. The summed E-state index contributed by atoms with van der Waals surface area (Å²) < 4.78 is 1.34. The van der Waals surface area contributed by atoms with Crippen molar-refractivity contribution in [2.24, 2.45) is 0 Å². The van der Waals surface area contributed by atoms with Crippen LogP contribution in [0.3, 0.4) is 0 Å². The Morgan fingerprint density at radius 2 is 1.79 bits per heavy atom. The lowest BCUT2D eigenvalue weighted by molar-refractivity contribution is 0.632. The third kappa shape index (κ3) is 4.09. The molecule has 0 N–H and O–H groups in total. The minimum atomic E-state index is -0.249. The Labute approximate surface area is 167 Å². The Hall–Kier alpha value is -4.12. The first kappa shape index (κ1) is 18.3. The lowest BCUT2D eigenvalue weighted by Crippen LogP contribution is -2.23. The van der Waals surface area contributed by atoms with E-state index < -0.39 is 0 Å². The van der Waals surface area contributed by atoms with Crippen LogP contribution in [0.2, 0.25) is 0 Å². The second kappa shape index (κ2) is 7.86. The summed E-state index contributed by atoms with van der Waals surface area (Å²) in [4.78, 5) is 25.2. The first-order valence-electron chi connectivity index (χ1n) is 8.75. The number of hydrogen-bond acceptors (Lipinski definition) is 6. The first-order valence-corrected chi connectivity index (χ1v) is 8.75. The minimum Gasteiger partial charge on any atom is -0.268 e.